The molecule has 0 unspecified atom stereocenters. The minimum absolute atomic E-state index is 0.920. The van der Waals surface area contributed by atoms with Crippen molar-refractivity contribution in [2.24, 2.45) is 0 Å². The number of nitrogens with one attached hydrogen (secondary N) is 1. The molecule has 0 aliphatic heterocycles. The molecule has 0 bridgehead atoms. The van der Waals surface area contributed by atoms with Crippen LogP contribution in [0.25, 0.3) is 21.3 Å². The second kappa shape index (κ2) is 3.90. The summed E-state index contributed by atoms with van der Waals surface area (Å²) < 4.78 is 0. The molecular formula is C12H9N3S. The van der Waals surface area contributed by atoms with E-state index in [0.717, 1.165) is 21.3 Å². The Morgan fingerprint density at radius 2 is 1.69 bits per heavy atom. The third-order valence-corrected chi connectivity index (χ3v) is 3.28. The van der Waals surface area contributed by atoms with Gasteiger partial charge in [0.1, 0.15) is 5.01 Å². The minimum atomic E-state index is 0.920. The van der Waals surface area contributed by atoms with Gasteiger partial charge < -0.3 is 4.98 Å². The minimum Gasteiger partial charge on any atom is -0.359 e. The summed E-state index contributed by atoms with van der Waals surface area (Å²) in [6.45, 7) is 0. The third-order valence-electron chi connectivity index (χ3n) is 2.27. The normalized spacial score (nSPS) is 10.5. The number of hydrogen-bond donors (Lipinski definition) is 1. The summed E-state index contributed by atoms with van der Waals surface area (Å²) in [5.41, 5.74) is 2.12. The van der Waals surface area contributed by atoms with Crippen molar-refractivity contribution in [1.29, 1.82) is 0 Å². The standard InChI is InChI=1S/C12H9N3S/c1-2-5-9(6-3-1)11-14-15-12(16-11)10-7-4-8-13-10/h1-8,13H. The maximum atomic E-state index is 4.19. The lowest BCUT2D eigenvalue weighted by Gasteiger charge is -1.91. The van der Waals surface area contributed by atoms with Crippen molar-refractivity contribution in [3.05, 3.63) is 48.7 Å². The Kier molecular flexibility index (Phi) is 2.27. The lowest BCUT2D eigenvalue weighted by Crippen LogP contribution is -1.76. The highest BCUT2D eigenvalue weighted by Gasteiger charge is 2.07. The van der Waals surface area contributed by atoms with Gasteiger partial charge in [-0.1, -0.05) is 41.7 Å². The number of aromatic amines is 1. The van der Waals surface area contributed by atoms with Crippen LogP contribution >= 0.6 is 11.3 Å². The summed E-state index contributed by atoms with van der Waals surface area (Å²) in [4.78, 5) is 3.13. The molecule has 0 atom stereocenters. The van der Waals surface area contributed by atoms with Crippen molar-refractivity contribution in [3.8, 4) is 21.3 Å². The number of nitrogens with zero attached hydrogens (tertiary/aromatic N) is 2. The second-order valence-corrected chi connectivity index (χ2v) is 4.34. The fourth-order valence-corrected chi connectivity index (χ4v) is 2.33. The van der Waals surface area contributed by atoms with E-state index < -0.39 is 0 Å². The quantitative estimate of drug-likeness (QED) is 0.730. The summed E-state index contributed by atoms with van der Waals surface area (Å²) in [5, 5.41) is 10.2. The fraction of sp³-hybridized carbons (Fsp3) is 0. The molecule has 78 valence electrons. The van der Waals surface area contributed by atoms with E-state index in [9.17, 15) is 0 Å². The van der Waals surface area contributed by atoms with Gasteiger partial charge in [-0.2, -0.15) is 0 Å². The highest BCUT2D eigenvalue weighted by atomic mass is 32.1. The molecule has 16 heavy (non-hydrogen) atoms. The molecule has 2 aromatic heterocycles. The third kappa shape index (κ3) is 1.63. The Hall–Kier alpha value is -1.94. The molecule has 0 radical (unpaired) electrons. The molecule has 3 aromatic rings. The zero-order chi connectivity index (χ0) is 10.8. The highest BCUT2D eigenvalue weighted by Crippen LogP contribution is 2.28. The van der Waals surface area contributed by atoms with E-state index in [1.165, 1.54) is 0 Å². The molecule has 0 saturated heterocycles. The van der Waals surface area contributed by atoms with Gasteiger partial charge >= 0.3 is 0 Å². The summed E-state index contributed by atoms with van der Waals surface area (Å²) in [6, 6.07) is 14.0. The van der Waals surface area contributed by atoms with E-state index in [1.54, 1.807) is 11.3 Å². The Balaban J connectivity index is 2.00. The van der Waals surface area contributed by atoms with Crippen LogP contribution in [0.4, 0.5) is 0 Å². The van der Waals surface area contributed by atoms with Crippen LogP contribution < -0.4 is 0 Å². The molecule has 0 fully saturated rings. The number of hydrogen-bond acceptors (Lipinski definition) is 3. The molecule has 0 aliphatic rings. The smallest absolute Gasteiger partial charge is 0.164 e. The molecule has 3 nitrogen and oxygen atoms in total. The van der Waals surface area contributed by atoms with E-state index in [0.29, 0.717) is 0 Å². The van der Waals surface area contributed by atoms with Gasteiger partial charge in [-0.05, 0) is 12.1 Å². The van der Waals surface area contributed by atoms with Crippen LogP contribution in [0.15, 0.2) is 48.7 Å². The Morgan fingerprint density at radius 1 is 0.875 bits per heavy atom. The van der Waals surface area contributed by atoms with Crippen LogP contribution in [0.1, 0.15) is 0 Å². The van der Waals surface area contributed by atoms with E-state index in [4.69, 9.17) is 0 Å². The van der Waals surface area contributed by atoms with Gasteiger partial charge in [-0.15, -0.1) is 10.2 Å². The van der Waals surface area contributed by atoms with Gasteiger partial charge in [0.05, 0.1) is 5.69 Å². The van der Waals surface area contributed by atoms with E-state index >= 15 is 0 Å². The van der Waals surface area contributed by atoms with Crippen molar-refractivity contribution in [2.75, 3.05) is 0 Å². The van der Waals surface area contributed by atoms with E-state index in [-0.39, 0.29) is 0 Å². The molecular weight excluding hydrogens is 218 g/mol. The Bertz CT molecular complexity index is 569. The summed E-state index contributed by atoms with van der Waals surface area (Å²) in [5.74, 6) is 0. The van der Waals surface area contributed by atoms with E-state index in [1.807, 2.05) is 48.7 Å². The molecule has 3 rings (SSSR count). The average Bonchev–Trinajstić information content (AvgIpc) is 3.01. The van der Waals surface area contributed by atoms with Gasteiger partial charge in [0.15, 0.2) is 5.01 Å². The fourth-order valence-electron chi connectivity index (χ4n) is 1.49. The molecule has 0 saturated carbocycles. The van der Waals surface area contributed by atoms with Crippen molar-refractivity contribution in [3.63, 3.8) is 0 Å². The van der Waals surface area contributed by atoms with Crippen LogP contribution in [0.5, 0.6) is 0 Å². The molecule has 0 aliphatic carbocycles. The van der Waals surface area contributed by atoms with Gasteiger partial charge in [0, 0.05) is 11.8 Å². The van der Waals surface area contributed by atoms with Crippen LogP contribution in [0.3, 0.4) is 0 Å². The van der Waals surface area contributed by atoms with Gasteiger partial charge in [-0.25, -0.2) is 0 Å². The van der Waals surface area contributed by atoms with Crippen molar-refractivity contribution in [2.45, 2.75) is 0 Å². The highest BCUT2D eigenvalue weighted by molar-refractivity contribution is 7.17. The first kappa shape index (κ1) is 9.30. The molecule has 4 heteroatoms. The molecule has 1 N–H and O–H groups in total. The Labute approximate surface area is 96.8 Å². The number of aromatic nitrogens is 3. The summed E-state index contributed by atoms with van der Waals surface area (Å²) in [6.07, 6.45) is 1.89. The number of rotatable bonds is 2. The predicted octanol–water partition coefficient (Wildman–Crippen LogP) is 3.20. The summed E-state index contributed by atoms with van der Waals surface area (Å²) >= 11 is 1.59. The first-order valence-electron chi connectivity index (χ1n) is 4.96. The first-order valence-corrected chi connectivity index (χ1v) is 5.78. The van der Waals surface area contributed by atoms with Crippen LogP contribution in [0, 0.1) is 0 Å². The lowest BCUT2D eigenvalue weighted by molar-refractivity contribution is 1.09. The van der Waals surface area contributed by atoms with E-state index in [2.05, 4.69) is 15.2 Å². The largest absolute Gasteiger partial charge is 0.359 e. The molecule has 0 amide bonds. The zero-order valence-electron chi connectivity index (χ0n) is 8.42. The van der Waals surface area contributed by atoms with Crippen LogP contribution in [0.2, 0.25) is 0 Å². The SMILES string of the molecule is c1ccc(-c2nnc(-c3ccc[nH]3)s2)cc1. The van der Waals surface area contributed by atoms with Crippen molar-refractivity contribution >= 4 is 11.3 Å². The maximum absolute atomic E-state index is 4.19. The lowest BCUT2D eigenvalue weighted by atomic mass is 10.2. The average molecular weight is 227 g/mol. The number of H-pyrrole nitrogens is 1. The molecule has 1 aromatic carbocycles. The molecule has 0 spiro atoms. The monoisotopic (exact) mass is 227 g/mol. The zero-order valence-corrected chi connectivity index (χ0v) is 9.24. The van der Waals surface area contributed by atoms with Gasteiger partial charge in [0.25, 0.3) is 0 Å². The Morgan fingerprint density at radius 3 is 2.44 bits per heavy atom. The van der Waals surface area contributed by atoms with Crippen molar-refractivity contribution in [1.82, 2.24) is 15.2 Å². The first-order chi connectivity index (χ1) is 7.93. The molecule has 2 heterocycles. The van der Waals surface area contributed by atoms with Crippen molar-refractivity contribution < 1.29 is 0 Å². The topological polar surface area (TPSA) is 41.6 Å². The predicted molar refractivity (Wildman–Crippen MR) is 65.1 cm³/mol. The number of benzene rings is 1. The maximum Gasteiger partial charge on any atom is 0.164 e. The summed E-state index contributed by atoms with van der Waals surface area (Å²) in [7, 11) is 0. The van der Waals surface area contributed by atoms with Gasteiger partial charge in [-0.3, -0.25) is 0 Å². The van der Waals surface area contributed by atoms with Crippen LogP contribution in [-0.4, -0.2) is 15.2 Å². The second-order valence-electron chi connectivity index (χ2n) is 3.36. The van der Waals surface area contributed by atoms with Gasteiger partial charge in [0.2, 0.25) is 0 Å². The van der Waals surface area contributed by atoms with Crippen LogP contribution in [-0.2, 0) is 0 Å².